The number of aliphatic hydroxyl groups is 1. The van der Waals surface area contributed by atoms with E-state index in [-0.39, 0.29) is 55.1 Å². The number of esters is 2. The van der Waals surface area contributed by atoms with Crippen LogP contribution in [0, 0.1) is 11.8 Å². The third kappa shape index (κ3) is 19.4. The summed E-state index contributed by atoms with van der Waals surface area (Å²) in [5, 5.41) is 26.0. The molecule has 506 valence electrons. The first-order valence-electron chi connectivity index (χ1n) is 30.7. The number of ether oxygens (including phenoxy) is 7. The van der Waals surface area contributed by atoms with Crippen molar-refractivity contribution in [2.24, 2.45) is 17.6 Å². The monoisotopic (exact) mass is 1370 g/mol. The first kappa shape index (κ1) is 73.7. The van der Waals surface area contributed by atoms with Crippen LogP contribution in [0.25, 0.3) is 0 Å². The molecule has 0 aliphatic carbocycles. The molecule has 10 atom stereocenters. The number of fused-ring (bicyclic) bond motifs is 5. The van der Waals surface area contributed by atoms with Crippen LogP contribution >= 0.6 is 27.5 Å². The number of nitrogens with one attached hydrogen (secondary N) is 5. The van der Waals surface area contributed by atoms with E-state index in [1.165, 1.54) is 57.2 Å². The van der Waals surface area contributed by atoms with Crippen LogP contribution in [0.2, 0.25) is 5.02 Å². The second-order valence-electron chi connectivity index (χ2n) is 24.1. The summed E-state index contributed by atoms with van der Waals surface area (Å²) in [4.78, 5) is 127. The van der Waals surface area contributed by atoms with Crippen LogP contribution in [0.3, 0.4) is 0 Å². The van der Waals surface area contributed by atoms with Gasteiger partial charge in [-0.15, -0.1) is 0 Å². The Balaban J connectivity index is 1.23. The fourth-order valence-corrected chi connectivity index (χ4v) is 11.7. The SMILES string of the molecule is C=C(CBr)C(=O)OCCCCCC(=O)N[C@H](C(=O)N[C@@H](CCCNC(N)=O)C(=O)Nc1ccc(C(=O)N(C)[C@@H](C)C(=O)O[C@H]2CC(=O)N(C)c3cc(cc(OC)c3Cl)C/C(C)=C/C=C/[C@@H](OC)[C@@]3(O)C[C@H](OC(=O)N3)[C@@H](C)[C@@H]3O[C@@]23C)cc1N1CCOCC1)C(C)C. The van der Waals surface area contributed by atoms with Gasteiger partial charge in [0.1, 0.15) is 52.8 Å². The summed E-state index contributed by atoms with van der Waals surface area (Å²) in [5.74, 6) is -4.97. The van der Waals surface area contributed by atoms with Gasteiger partial charge >= 0.3 is 24.1 Å². The highest BCUT2D eigenvalue weighted by Crippen LogP contribution is 2.49. The van der Waals surface area contributed by atoms with Crippen LogP contribution in [0.15, 0.2) is 66.3 Å². The summed E-state index contributed by atoms with van der Waals surface area (Å²) in [6.07, 6.45) is 1.84. The highest BCUT2D eigenvalue weighted by Gasteiger charge is 2.64. The number of anilines is 3. The highest BCUT2D eigenvalue weighted by atomic mass is 79.9. The molecule has 0 spiro atoms. The van der Waals surface area contributed by atoms with E-state index in [4.69, 9.17) is 50.5 Å². The van der Waals surface area contributed by atoms with Gasteiger partial charge in [0.25, 0.3) is 5.91 Å². The number of methoxy groups -OCH3 is 2. The average Bonchev–Trinajstić information content (AvgIpc) is 1.57. The lowest BCUT2D eigenvalue weighted by Gasteiger charge is -2.42. The molecule has 28 heteroatoms. The third-order valence-electron chi connectivity index (χ3n) is 16.9. The first-order valence-corrected chi connectivity index (χ1v) is 32.2. The van der Waals surface area contributed by atoms with Gasteiger partial charge in [-0.05, 0) is 101 Å². The number of carbonyl (C=O) groups is 9. The number of alkyl halides is 1. The van der Waals surface area contributed by atoms with Gasteiger partial charge in [-0.3, -0.25) is 29.3 Å². The number of nitrogens with two attached hydrogens (primary N) is 1. The van der Waals surface area contributed by atoms with Gasteiger partial charge in [0.2, 0.25) is 23.6 Å². The zero-order chi connectivity index (χ0) is 67.8. The molecule has 26 nitrogen and oxygen atoms in total. The van der Waals surface area contributed by atoms with Crippen molar-refractivity contribution in [1.82, 2.24) is 26.2 Å². The molecular weight excluding hydrogens is 1280 g/mol. The summed E-state index contributed by atoms with van der Waals surface area (Å²) in [5.41, 5.74) is 5.03. The Morgan fingerprint density at radius 3 is 2.38 bits per heavy atom. The number of amides is 8. The predicted molar refractivity (Wildman–Crippen MR) is 346 cm³/mol. The summed E-state index contributed by atoms with van der Waals surface area (Å²) in [7, 11) is 5.80. The van der Waals surface area contributed by atoms with Crippen LogP contribution in [-0.2, 0) is 63.6 Å². The molecule has 4 bridgehead atoms. The number of benzene rings is 2. The van der Waals surface area contributed by atoms with Crippen LogP contribution in [0.5, 0.6) is 5.75 Å². The fraction of sp³-hybridized carbons (Fsp3) is 0.578. The summed E-state index contributed by atoms with van der Waals surface area (Å²) in [6, 6.07) is 3.78. The number of likely N-dealkylation sites (N-methyl/N-ethyl adjacent to an activating group) is 1. The average molecular weight is 1370 g/mol. The number of carbonyl (C=O) groups excluding carboxylic acids is 9. The number of halogens is 2. The van der Waals surface area contributed by atoms with Gasteiger partial charge in [-0.1, -0.05) is 78.7 Å². The van der Waals surface area contributed by atoms with Gasteiger partial charge in [0.05, 0.1) is 56.5 Å². The molecule has 8 N–H and O–H groups in total. The summed E-state index contributed by atoms with van der Waals surface area (Å²) < 4.78 is 40.6. The molecule has 0 saturated carbocycles. The van der Waals surface area contributed by atoms with E-state index in [9.17, 15) is 48.3 Å². The molecular formula is C64H89BrClN9O17. The maximum Gasteiger partial charge on any atom is 0.409 e. The van der Waals surface area contributed by atoms with Crippen LogP contribution in [0.4, 0.5) is 26.7 Å². The van der Waals surface area contributed by atoms with Gasteiger partial charge in [0.15, 0.2) is 5.72 Å². The Morgan fingerprint density at radius 1 is 1.00 bits per heavy atom. The smallest absolute Gasteiger partial charge is 0.409 e. The molecule has 0 radical (unpaired) electrons. The number of primary amides is 1. The minimum atomic E-state index is -1.92. The van der Waals surface area contributed by atoms with E-state index in [1.807, 2.05) is 17.9 Å². The van der Waals surface area contributed by atoms with Crippen molar-refractivity contribution in [3.8, 4) is 5.75 Å². The number of alkyl carbamates (subject to hydrolysis) is 1. The van der Waals surface area contributed by atoms with E-state index >= 15 is 0 Å². The molecule has 0 unspecified atom stereocenters. The molecule has 4 aliphatic rings. The number of hydrogen-bond donors (Lipinski definition) is 7. The quantitative estimate of drug-likeness (QED) is 0.0156. The lowest BCUT2D eigenvalue weighted by molar-refractivity contribution is -0.158. The maximum atomic E-state index is 14.7. The molecule has 92 heavy (non-hydrogen) atoms. The zero-order valence-corrected chi connectivity index (χ0v) is 56.3. The molecule has 4 aliphatic heterocycles. The van der Waals surface area contributed by atoms with Gasteiger partial charge < -0.3 is 80.0 Å². The van der Waals surface area contributed by atoms with Crippen molar-refractivity contribution in [3.05, 3.63) is 82.4 Å². The van der Waals surface area contributed by atoms with Crippen LogP contribution in [-0.4, -0.2) is 191 Å². The highest BCUT2D eigenvalue weighted by molar-refractivity contribution is 9.09. The van der Waals surface area contributed by atoms with E-state index in [0.29, 0.717) is 80.0 Å². The number of allylic oxidation sites excluding steroid dienone is 3. The van der Waals surface area contributed by atoms with Crippen molar-refractivity contribution in [3.63, 3.8) is 0 Å². The Hall–Kier alpha value is -7.30. The summed E-state index contributed by atoms with van der Waals surface area (Å²) >= 11 is 10.1. The molecule has 2 aromatic rings. The lowest BCUT2D eigenvalue weighted by atomic mass is 9.83. The lowest BCUT2D eigenvalue weighted by Crippen LogP contribution is -2.63. The van der Waals surface area contributed by atoms with Crippen LogP contribution < -0.4 is 46.9 Å². The Kier molecular flexibility index (Phi) is 26.9. The van der Waals surface area contributed by atoms with Gasteiger partial charge in [-0.2, -0.15) is 0 Å². The Labute approximate surface area is 550 Å². The van der Waals surface area contributed by atoms with E-state index in [0.717, 1.165) is 11.1 Å². The normalized spacial score (nSPS) is 24.3. The minimum Gasteiger partial charge on any atom is -0.495 e. The molecule has 6 rings (SSSR count). The number of rotatable bonds is 25. The maximum absolute atomic E-state index is 14.7. The molecule has 4 heterocycles. The standard InChI is InChI=1S/C64H89BrClN9O17/c1-36(2)54(71-51(76)20-13-12-14-26-89-59(81)38(4)35-65)57(79)70-44(18-16-23-68-61(67)83)56(78)69-43-22-21-42(32-45(43)75-24-27-88-28-25-75)58(80)73(8)40(6)60(82)91-50-33-52(77)74(9)46-30-41(31-47(86-10)53(46)66)29-37(3)17-15-19-49(87-11)64(85)34-48(90-62(84)72-64)39(5)55-63(50,7)92-55/h15,17,19,21-22,30-32,36,39-40,44,48-50,54-55,85H,4,12-14,16,18,20,23-29,33-35H2,1-3,5-11H3,(H,69,78)(H,70,79)(H,71,76)(H,72,84)(H3,67,68,83)/b19-15+,37-17+/t39-,40+,44+,48+,49-,50+,54+,55+,63+,64+/m1/s1. The van der Waals surface area contributed by atoms with Crippen molar-refractivity contribution in [2.45, 2.75) is 153 Å². The second-order valence-corrected chi connectivity index (χ2v) is 25.0. The molecule has 2 aromatic carbocycles. The Bertz CT molecular complexity index is 3110. The van der Waals surface area contributed by atoms with E-state index in [1.54, 1.807) is 58.0 Å². The number of nitrogens with zero attached hydrogens (tertiary/aromatic N) is 3. The largest absolute Gasteiger partial charge is 0.495 e. The Morgan fingerprint density at radius 2 is 1.72 bits per heavy atom. The van der Waals surface area contributed by atoms with Crippen molar-refractivity contribution in [1.29, 1.82) is 0 Å². The molecule has 0 aromatic heterocycles. The van der Waals surface area contributed by atoms with Crippen LogP contribution in [0.1, 0.15) is 109 Å². The number of epoxide rings is 1. The van der Waals surface area contributed by atoms with E-state index < -0.39 is 126 Å². The number of unbranched alkanes of at least 4 members (excludes halogenated alkanes) is 2. The predicted octanol–water partition coefficient (Wildman–Crippen LogP) is 5.73. The fourth-order valence-electron chi connectivity index (χ4n) is 11.2. The van der Waals surface area contributed by atoms with Gasteiger partial charge in [0, 0.05) is 76.1 Å². The zero-order valence-electron chi connectivity index (χ0n) is 54.0. The molecule has 3 saturated heterocycles. The van der Waals surface area contributed by atoms with Crippen molar-refractivity contribution < 1.29 is 81.4 Å². The molecule has 8 amide bonds. The number of hydrogen-bond acceptors (Lipinski definition) is 18. The summed E-state index contributed by atoms with van der Waals surface area (Å²) in [6.45, 7) is 15.5. The number of morpholine rings is 1. The van der Waals surface area contributed by atoms with Crippen molar-refractivity contribution in [2.75, 3.05) is 88.2 Å². The molecule has 3 fully saturated rings. The number of urea groups is 1. The topological polar surface area (TPSA) is 338 Å². The van der Waals surface area contributed by atoms with E-state index in [2.05, 4.69) is 49.1 Å². The van der Waals surface area contributed by atoms with Gasteiger partial charge in [-0.25, -0.2) is 19.2 Å². The first-order chi connectivity index (χ1) is 43.5. The van der Waals surface area contributed by atoms with Crippen molar-refractivity contribution >= 4 is 98.2 Å². The minimum absolute atomic E-state index is 0.0313. The second kappa shape index (κ2) is 33.5. The third-order valence-corrected chi connectivity index (χ3v) is 18.0.